The van der Waals surface area contributed by atoms with Gasteiger partial charge in [-0.15, -0.1) is 0 Å². The molecule has 0 aliphatic heterocycles. The van der Waals surface area contributed by atoms with E-state index >= 15 is 0 Å². The molecule has 0 spiro atoms. The van der Waals surface area contributed by atoms with Crippen LogP contribution in [0.2, 0.25) is 0 Å². The lowest BCUT2D eigenvalue weighted by molar-refractivity contribution is -0.153. The maximum Gasteiger partial charge on any atom is 0.422 e. The van der Waals surface area contributed by atoms with E-state index in [1.165, 1.54) is 30.7 Å². The molecule has 0 fully saturated rings. The molecule has 1 unspecified atom stereocenters. The summed E-state index contributed by atoms with van der Waals surface area (Å²) in [4.78, 5) is 21.2. The third kappa shape index (κ3) is 4.85. The van der Waals surface area contributed by atoms with Crippen LogP contribution in [0.25, 0.3) is 23.0 Å². The van der Waals surface area contributed by atoms with Gasteiger partial charge in [-0.2, -0.15) is 13.2 Å². The minimum absolute atomic E-state index is 0.0417. The van der Waals surface area contributed by atoms with Gasteiger partial charge in [0.15, 0.2) is 18.3 Å². The summed E-state index contributed by atoms with van der Waals surface area (Å²) in [5.41, 5.74) is 0.607. The Bertz CT molecular complexity index is 969. The van der Waals surface area contributed by atoms with Crippen molar-refractivity contribution in [1.29, 1.82) is 0 Å². The SMILES string of the molecule is CCS(=O)c1cnc(-c2ncccn2)nc1-c1ccc(OCC(F)(F)F)cn1. The van der Waals surface area contributed by atoms with Crippen molar-refractivity contribution >= 4 is 10.8 Å². The number of rotatable bonds is 6. The highest BCUT2D eigenvalue weighted by molar-refractivity contribution is 7.85. The number of nitrogens with zero attached hydrogens (tertiary/aromatic N) is 5. The van der Waals surface area contributed by atoms with Gasteiger partial charge in [0.05, 0.1) is 27.6 Å². The van der Waals surface area contributed by atoms with E-state index in [9.17, 15) is 17.4 Å². The van der Waals surface area contributed by atoms with Gasteiger partial charge in [0.2, 0.25) is 0 Å². The molecule has 0 N–H and O–H groups in total. The summed E-state index contributed by atoms with van der Waals surface area (Å²) >= 11 is 0. The fraction of sp³-hybridized carbons (Fsp3) is 0.235. The summed E-state index contributed by atoms with van der Waals surface area (Å²) in [6.07, 6.45) is 1.20. The lowest BCUT2D eigenvalue weighted by Crippen LogP contribution is -2.19. The zero-order chi connectivity index (χ0) is 20.1. The highest BCUT2D eigenvalue weighted by Gasteiger charge is 2.28. The third-order valence-electron chi connectivity index (χ3n) is 3.41. The second-order valence-corrected chi connectivity index (χ2v) is 7.10. The fourth-order valence-corrected chi connectivity index (χ4v) is 3.02. The average molecular weight is 409 g/mol. The van der Waals surface area contributed by atoms with Crippen molar-refractivity contribution in [2.45, 2.75) is 18.0 Å². The lowest BCUT2D eigenvalue weighted by Gasteiger charge is -2.11. The van der Waals surface area contributed by atoms with Crippen LogP contribution in [0.3, 0.4) is 0 Å². The van der Waals surface area contributed by atoms with Gasteiger partial charge in [-0.1, -0.05) is 6.92 Å². The monoisotopic (exact) mass is 409 g/mol. The maximum absolute atomic E-state index is 12.4. The Labute approximate surface area is 160 Å². The minimum Gasteiger partial charge on any atom is -0.483 e. The maximum atomic E-state index is 12.4. The number of hydrogen-bond donors (Lipinski definition) is 0. The Morgan fingerprint density at radius 2 is 1.79 bits per heavy atom. The van der Waals surface area contributed by atoms with Crippen molar-refractivity contribution in [3.63, 3.8) is 0 Å². The molecule has 3 heterocycles. The van der Waals surface area contributed by atoms with Crippen LogP contribution in [-0.2, 0) is 10.8 Å². The summed E-state index contributed by atoms with van der Waals surface area (Å²) in [5.74, 6) is 0.791. The number of hydrogen-bond acceptors (Lipinski definition) is 7. The van der Waals surface area contributed by atoms with Crippen LogP contribution in [-0.4, -0.2) is 47.7 Å². The first-order chi connectivity index (χ1) is 13.4. The number of ether oxygens (including phenoxy) is 1. The predicted octanol–water partition coefficient (Wildman–Crippen LogP) is 3.06. The predicted molar refractivity (Wildman–Crippen MR) is 94.8 cm³/mol. The van der Waals surface area contributed by atoms with E-state index in [1.807, 2.05) is 0 Å². The highest BCUT2D eigenvalue weighted by Crippen LogP contribution is 2.26. The van der Waals surface area contributed by atoms with Gasteiger partial charge in [-0.25, -0.2) is 19.9 Å². The first-order valence-electron chi connectivity index (χ1n) is 8.06. The van der Waals surface area contributed by atoms with E-state index in [2.05, 4.69) is 29.7 Å². The molecule has 0 aliphatic carbocycles. The summed E-state index contributed by atoms with van der Waals surface area (Å²) in [6.45, 7) is 0.331. The van der Waals surface area contributed by atoms with Crippen molar-refractivity contribution < 1.29 is 22.1 Å². The molecule has 3 aromatic rings. The average Bonchev–Trinajstić information content (AvgIpc) is 2.72. The van der Waals surface area contributed by atoms with E-state index in [-0.39, 0.29) is 17.4 Å². The van der Waals surface area contributed by atoms with Gasteiger partial charge in [0, 0.05) is 24.3 Å². The van der Waals surface area contributed by atoms with E-state index in [4.69, 9.17) is 0 Å². The minimum atomic E-state index is -4.44. The molecule has 0 aliphatic rings. The Morgan fingerprint density at radius 3 is 2.39 bits per heavy atom. The van der Waals surface area contributed by atoms with E-state index < -0.39 is 23.6 Å². The Balaban J connectivity index is 1.97. The van der Waals surface area contributed by atoms with Crippen LogP contribution in [0.1, 0.15) is 6.92 Å². The van der Waals surface area contributed by atoms with Crippen molar-refractivity contribution in [3.05, 3.63) is 43.0 Å². The Kier molecular flexibility index (Phi) is 5.93. The quantitative estimate of drug-likeness (QED) is 0.618. The number of alkyl halides is 3. The first kappa shape index (κ1) is 19.8. The van der Waals surface area contributed by atoms with Gasteiger partial charge in [0.25, 0.3) is 0 Å². The molecule has 0 radical (unpaired) electrons. The van der Waals surface area contributed by atoms with Crippen LogP contribution < -0.4 is 4.74 Å². The lowest BCUT2D eigenvalue weighted by atomic mass is 10.2. The van der Waals surface area contributed by atoms with Crippen molar-refractivity contribution in [2.75, 3.05) is 12.4 Å². The molecular weight excluding hydrogens is 395 g/mol. The zero-order valence-corrected chi connectivity index (χ0v) is 15.4. The molecule has 146 valence electrons. The largest absolute Gasteiger partial charge is 0.483 e. The van der Waals surface area contributed by atoms with Crippen molar-refractivity contribution in [3.8, 4) is 28.8 Å². The van der Waals surface area contributed by atoms with Gasteiger partial charge in [-0.3, -0.25) is 9.19 Å². The molecule has 1 atom stereocenters. The standard InChI is InChI=1S/C17H14F3N5O2S/c1-2-28(26)13-9-24-16(15-21-6-3-7-22-15)25-14(13)12-5-4-11(8-23-12)27-10-17(18,19)20/h3-9H,2,10H2,1H3. The molecular formula is C17H14F3N5O2S. The highest BCUT2D eigenvalue weighted by atomic mass is 32.2. The molecule has 0 saturated carbocycles. The van der Waals surface area contributed by atoms with Crippen LogP contribution >= 0.6 is 0 Å². The summed E-state index contributed by atoms with van der Waals surface area (Å²) < 4.78 is 53.8. The van der Waals surface area contributed by atoms with Gasteiger partial charge >= 0.3 is 6.18 Å². The van der Waals surface area contributed by atoms with Crippen LogP contribution in [0.15, 0.2) is 47.9 Å². The Morgan fingerprint density at radius 1 is 1.04 bits per heavy atom. The molecule has 0 amide bonds. The second-order valence-electron chi connectivity index (χ2n) is 5.40. The molecule has 3 rings (SSSR count). The van der Waals surface area contributed by atoms with Crippen molar-refractivity contribution in [1.82, 2.24) is 24.9 Å². The normalized spacial score (nSPS) is 12.6. The summed E-state index contributed by atoms with van der Waals surface area (Å²) in [5, 5.41) is 0. The second kappa shape index (κ2) is 8.38. The molecule has 0 aromatic carbocycles. The van der Waals surface area contributed by atoms with Crippen LogP contribution in [0.4, 0.5) is 13.2 Å². The summed E-state index contributed by atoms with van der Waals surface area (Å²) in [7, 11) is -1.37. The zero-order valence-electron chi connectivity index (χ0n) is 14.6. The van der Waals surface area contributed by atoms with Crippen LogP contribution in [0, 0.1) is 0 Å². The molecule has 28 heavy (non-hydrogen) atoms. The van der Waals surface area contributed by atoms with E-state index in [1.54, 1.807) is 13.0 Å². The Hall–Kier alpha value is -2.95. The molecule has 0 saturated heterocycles. The number of halogens is 3. The fourth-order valence-electron chi connectivity index (χ4n) is 2.17. The molecule has 11 heteroatoms. The number of pyridine rings is 1. The van der Waals surface area contributed by atoms with E-state index in [0.717, 1.165) is 6.20 Å². The first-order valence-corrected chi connectivity index (χ1v) is 9.38. The van der Waals surface area contributed by atoms with Gasteiger partial charge < -0.3 is 4.74 Å². The van der Waals surface area contributed by atoms with Crippen molar-refractivity contribution in [2.24, 2.45) is 0 Å². The molecule has 0 bridgehead atoms. The van der Waals surface area contributed by atoms with Gasteiger partial charge in [0.1, 0.15) is 11.4 Å². The smallest absolute Gasteiger partial charge is 0.422 e. The third-order valence-corrected chi connectivity index (χ3v) is 4.72. The summed E-state index contributed by atoms with van der Waals surface area (Å²) in [6, 6.07) is 4.43. The molecule has 3 aromatic heterocycles. The molecule has 7 nitrogen and oxygen atoms in total. The topological polar surface area (TPSA) is 90.8 Å². The van der Waals surface area contributed by atoms with Gasteiger partial charge in [-0.05, 0) is 18.2 Å². The van der Waals surface area contributed by atoms with E-state index in [0.29, 0.717) is 22.0 Å². The number of aromatic nitrogens is 5. The van der Waals surface area contributed by atoms with Crippen LogP contribution in [0.5, 0.6) is 5.75 Å².